The third kappa shape index (κ3) is 4.69. The molecule has 1 unspecified atom stereocenters. The second-order valence-corrected chi connectivity index (χ2v) is 7.78. The van der Waals surface area contributed by atoms with Crippen LogP contribution in [0.5, 0.6) is 0 Å². The highest BCUT2D eigenvalue weighted by Gasteiger charge is 2.58. The van der Waals surface area contributed by atoms with Crippen LogP contribution >= 0.6 is 7.80 Å². The molecule has 2 atom stereocenters. The molecule has 0 saturated carbocycles. The molecule has 1 aromatic carbocycles. The zero-order chi connectivity index (χ0) is 16.7. The van der Waals surface area contributed by atoms with E-state index in [4.69, 9.17) is 4.74 Å². The molecule has 0 bridgehead atoms. The van der Waals surface area contributed by atoms with Crippen LogP contribution in [0.1, 0.15) is 38.2 Å². The monoisotopic (exact) mass is 336 g/mol. The normalized spacial score (nSPS) is 21.0. The number of hydrogen-bond acceptors (Lipinski definition) is 5. The number of carbonyl (C=O) groups is 2. The fourth-order valence-electron chi connectivity index (χ4n) is 2.85. The van der Waals surface area contributed by atoms with Crippen LogP contribution < -0.4 is 5.32 Å². The molecule has 6 heteroatoms. The van der Waals surface area contributed by atoms with E-state index in [0.717, 1.165) is 25.7 Å². The van der Waals surface area contributed by atoms with Gasteiger partial charge in [-0.3, -0.25) is 10.1 Å². The van der Waals surface area contributed by atoms with E-state index in [1.54, 1.807) is 0 Å². The molecule has 0 aliphatic carbocycles. The maximum Gasteiger partial charge on any atom is 0.384 e. The van der Waals surface area contributed by atoms with Gasteiger partial charge in [-0.15, -0.1) is 0 Å². The fraction of sp³-hybridized carbons (Fsp3) is 0.529. The SMILES string of the molecule is CC(=O)OC(=O)[C@]1([P+](=O)CCCCc2ccccc2)CCCN1. The first-order chi connectivity index (χ1) is 11.0. The molecule has 1 N–H and O–H groups in total. The predicted molar refractivity (Wildman–Crippen MR) is 88.6 cm³/mol. The maximum absolute atomic E-state index is 12.7. The molecule has 1 saturated heterocycles. The molecule has 1 fully saturated rings. The number of benzene rings is 1. The van der Waals surface area contributed by atoms with Crippen LogP contribution in [-0.4, -0.2) is 29.9 Å². The molecule has 0 spiro atoms. The van der Waals surface area contributed by atoms with Gasteiger partial charge in [0.2, 0.25) is 0 Å². The summed E-state index contributed by atoms with van der Waals surface area (Å²) in [6.07, 6.45) is 4.32. The molecule has 0 radical (unpaired) electrons. The Bertz CT molecular complexity index is 567. The van der Waals surface area contributed by atoms with Gasteiger partial charge >= 0.3 is 25.0 Å². The average Bonchev–Trinajstić information content (AvgIpc) is 3.03. The molecular formula is C17H23NO4P+. The van der Waals surface area contributed by atoms with Crippen molar-refractivity contribution in [2.45, 2.75) is 44.3 Å². The highest BCUT2D eigenvalue weighted by Crippen LogP contribution is 2.44. The van der Waals surface area contributed by atoms with Crippen molar-refractivity contribution in [2.75, 3.05) is 12.7 Å². The van der Waals surface area contributed by atoms with Crippen molar-refractivity contribution >= 4 is 19.7 Å². The molecule has 0 aromatic heterocycles. The molecule has 5 nitrogen and oxygen atoms in total. The van der Waals surface area contributed by atoms with Crippen molar-refractivity contribution in [2.24, 2.45) is 0 Å². The summed E-state index contributed by atoms with van der Waals surface area (Å²) in [7, 11) is -1.80. The van der Waals surface area contributed by atoms with E-state index in [-0.39, 0.29) is 0 Å². The van der Waals surface area contributed by atoms with Gasteiger partial charge in [-0.05, 0) is 31.2 Å². The predicted octanol–water partition coefficient (Wildman–Crippen LogP) is 3.01. The largest absolute Gasteiger partial charge is 0.389 e. The minimum absolute atomic E-state index is 0.460. The Hall–Kier alpha value is -1.58. The van der Waals surface area contributed by atoms with Crippen molar-refractivity contribution in [3.63, 3.8) is 0 Å². The van der Waals surface area contributed by atoms with Crippen molar-refractivity contribution in [3.05, 3.63) is 35.9 Å². The Labute approximate surface area is 137 Å². The van der Waals surface area contributed by atoms with E-state index in [0.29, 0.717) is 19.1 Å². The molecule has 124 valence electrons. The van der Waals surface area contributed by atoms with E-state index in [1.807, 2.05) is 18.2 Å². The highest BCUT2D eigenvalue weighted by molar-refractivity contribution is 7.47. The van der Waals surface area contributed by atoms with E-state index >= 15 is 0 Å². The smallest absolute Gasteiger partial charge is 0.384 e. The summed E-state index contributed by atoms with van der Waals surface area (Å²) in [4.78, 5) is 23.2. The number of hydrogen-bond donors (Lipinski definition) is 1. The number of carbonyl (C=O) groups excluding carboxylic acids is 2. The Morgan fingerprint density at radius 2 is 2.00 bits per heavy atom. The quantitative estimate of drug-likeness (QED) is 0.359. The molecule has 1 aliphatic heterocycles. The summed E-state index contributed by atoms with van der Waals surface area (Å²) in [5.41, 5.74) is 1.26. The van der Waals surface area contributed by atoms with Crippen molar-refractivity contribution < 1.29 is 18.9 Å². The van der Waals surface area contributed by atoms with Crippen LogP contribution in [0.4, 0.5) is 0 Å². The number of aryl methyl sites for hydroxylation is 1. The van der Waals surface area contributed by atoms with Gasteiger partial charge in [-0.2, -0.15) is 0 Å². The molecule has 23 heavy (non-hydrogen) atoms. The van der Waals surface area contributed by atoms with E-state index in [9.17, 15) is 14.2 Å². The topological polar surface area (TPSA) is 72.5 Å². The van der Waals surface area contributed by atoms with Crippen molar-refractivity contribution in [1.29, 1.82) is 0 Å². The van der Waals surface area contributed by atoms with E-state index < -0.39 is 25.0 Å². The Balaban J connectivity index is 1.86. The van der Waals surface area contributed by atoms with Crippen LogP contribution in [0, 0.1) is 0 Å². The number of ether oxygens (including phenoxy) is 1. The standard InChI is InChI=1S/C17H23NO4P/c1-14(19)22-16(20)17(11-7-12-18-17)23(21)13-6-5-10-15-8-3-2-4-9-15/h2-4,8-9,18H,5-7,10-13H2,1H3/q+1/t17-/m1/s1. The van der Waals surface area contributed by atoms with Crippen LogP contribution in [0.15, 0.2) is 30.3 Å². The van der Waals surface area contributed by atoms with E-state index in [1.165, 1.54) is 12.5 Å². The van der Waals surface area contributed by atoms with E-state index in [2.05, 4.69) is 17.4 Å². The van der Waals surface area contributed by atoms with Gasteiger partial charge in [-0.1, -0.05) is 34.9 Å². The first kappa shape index (κ1) is 17.8. The fourth-order valence-corrected chi connectivity index (χ4v) is 4.69. The zero-order valence-corrected chi connectivity index (χ0v) is 14.3. The van der Waals surface area contributed by atoms with Crippen LogP contribution in [0.2, 0.25) is 0 Å². The summed E-state index contributed by atoms with van der Waals surface area (Å²) in [6.45, 7) is 1.81. The first-order valence-electron chi connectivity index (χ1n) is 8.01. The lowest BCUT2D eigenvalue weighted by molar-refractivity contribution is -0.160. The third-order valence-corrected chi connectivity index (χ3v) is 6.19. The van der Waals surface area contributed by atoms with Gasteiger partial charge in [0.25, 0.3) is 0 Å². The average molecular weight is 336 g/mol. The summed E-state index contributed by atoms with van der Waals surface area (Å²) in [6, 6.07) is 10.1. The molecule has 1 heterocycles. The van der Waals surface area contributed by atoms with Gasteiger partial charge in [-0.25, -0.2) is 4.79 Å². The van der Waals surface area contributed by atoms with Crippen molar-refractivity contribution in [3.8, 4) is 0 Å². The maximum atomic E-state index is 12.7. The Kier molecular flexibility index (Phi) is 6.43. The zero-order valence-electron chi connectivity index (χ0n) is 13.4. The van der Waals surface area contributed by atoms with Crippen LogP contribution in [0.25, 0.3) is 0 Å². The van der Waals surface area contributed by atoms with Gasteiger partial charge < -0.3 is 4.74 Å². The van der Waals surface area contributed by atoms with Gasteiger partial charge in [0.1, 0.15) is 6.16 Å². The van der Waals surface area contributed by atoms with Crippen molar-refractivity contribution in [1.82, 2.24) is 5.32 Å². The summed E-state index contributed by atoms with van der Waals surface area (Å²) < 4.78 is 17.4. The Morgan fingerprint density at radius 1 is 1.26 bits per heavy atom. The minimum Gasteiger partial charge on any atom is -0.389 e. The lowest BCUT2D eigenvalue weighted by atomic mass is 10.1. The third-order valence-electron chi connectivity index (χ3n) is 4.05. The van der Waals surface area contributed by atoms with Gasteiger partial charge in [0, 0.05) is 19.9 Å². The highest BCUT2D eigenvalue weighted by atomic mass is 31.1. The van der Waals surface area contributed by atoms with Crippen LogP contribution in [-0.2, 0) is 25.3 Å². The number of rotatable bonds is 7. The summed E-state index contributed by atoms with van der Waals surface area (Å²) >= 11 is 0. The lowest BCUT2D eigenvalue weighted by Crippen LogP contribution is -2.46. The number of unbranched alkanes of at least 4 members (excludes halogenated alkanes) is 1. The molecule has 2 rings (SSSR count). The lowest BCUT2D eigenvalue weighted by Gasteiger charge is -2.15. The molecule has 1 aromatic rings. The molecular weight excluding hydrogens is 313 g/mol. The van der Waals surface area contributed by atoms with Gasteiger partial charge in [0.15, 0.2) is 0 Å². The van der Waals surface area contributed by atoms with Crippen LogP contribution in [0.3, 0.4) is 0 Å². The summed E-state index contributed by atoms with van der Waals surface area (Å²) in [5.74, 6) is -1.35. The second-order valence-electron chi connectivity index (χ2n) is 5.82. The second kappa shape index (κ2) is 8.32. The minimum atomic E-state index is -1.80. The first-order valence-corrected chi connectivity index (χ1v) is 9.46. The Morgan fingerprint density at radius 3 is 2.61 bits per heavy atom. The van der Waals surface area contributed by atoms with Gasteiger partial charge in [0.05, 0.1) is 0 Å². The summed E-state index contributed by atoms with van der Waals surface area (Å²) in [5, 5.41) is 1.85. The number of nitrogens with one attached hydrogen (secondary N) is 1. The molecule has 1 aliphatic rings. The number of esters is 2. The molecule has 0 amide bonds.